The third-order valence-electron chi connectivity index (χ3n) is 2.90. The van der Waals surface area contributed by atoms with Crippen LogP contribution in [0.2, 0.25) is 0 Å². The molecule has 0 unspecified atom stereocenters. The Morgan fingerprint density at radius 2 is 2.31 bits per heavy atom. The average molecular weight is 234 g/mol. The lowest BCUT2D eigenvalue weighted by Gasteiger charge is -1.98. The molecule has 0 bridgehead atoms. The summed E-state index contributed by atoms with van der Waals surface area (Å²) in [5.41, 5.74) is 2.40. The van der Waals surface area contributed by atoms with E-state index in [0.717, 1.165) is 17.9 Å². The van der Waals surface area contributed by atoms with Crippen molar-refractivity contribution >= 4 is 21.6 Å². The molecule has 0 amide bonds. The van der Waals surface area contributed by atoms with Gasteiger partial charge in [0, 0.05) is 5.92 Å². The first kappa shape index (κ1) is 10.2. The summed E-state index contributed by atoms with van der Waals surface area (Å²) >= 11 is 1.83. The van der Waals surface area contributed by atoms with Gasteiger partial charge in [-0.3, -0.25) is 0 Å². The van der Waals surface area contributed by atoms with E-state index in [1.165, 1.54) is 28.1 Å². The number of fused-ring (bicyclic) bond motifs is 1. The Kier molecular flexibility index (Phi) is 2.63. The van der Waals surface area contributed by atoms with Crippen LogP contribution in [0.1, 0.15) is 29.3 Å². The highest BCUT2D eigenvalue weighted by atomic mass is 32.1. The highest BCUT2D eigenvalue weighted by Crippen LogP contribution is 2.43. The van der Waals surface area contributed by atoms with E-state index in [9.17, 15) is 0 Å². The van der Waals surface area contributed by atoms with Crippen LogP contribution in [-0.2, 0) is 11.3 Å². The number of nitrogens with two attached hydrogens (primary N) is 1. The van der Waals surface area contributed by atoms with Gasteiger partial charge in [0.2, 0.25) is 0 Å². The van der Waals surface area contributed by atoms with E-state index in [-0.39, 0.29) is 0 Å². The van der Waals surface area contributed by atoms with Gasteiger partial charge >= 0.3 is 0 Å². The second-order valence-corrected chi connectivity index (χ2v) is 5.31. The molecule has 16 heavy (non-hydrogen) atoms. The third-order valence-corrected chi connectivity index (χ3v) is 4.09. The fourth-order valence-electron chi connectivity index (χ4n) is 1.82. The summed E-state index contributed by atoms with van der Waals surface area (Å²) in [6, 6.07) is 6.42. The van der Waals surface area contributed by atoms with Crippen LogP contribution < -0.4 is 5.90 Å². The number of nitrogens with zero attached hydrogens (tertiary/aromatic N) is 1. The number of hydrogen-bond acceptors (Lipinski definition) is 4. The van der Waals surface area contributed by atoms with Crippen LogP contribution in [0.4, 0.5) is 0 Å². The molecule has 1 aliphatic rings. The van der Waals surface area contributed by atoms with Gasteiger partial charge in [-0.15, -0.1) is 11.3 Å². The molecular formula is C12H14N2OS. The van der Waals surface area contributed by atoms with Crippen molar-refractivity contribution in [2.24, 2.45) is 5.90 Å². The van der Waals surface area contributed by atoms with Crippen molar-refractivity contribution in [3.63, 3.8) is 0 Å². The quantitative estimate of drug-likeness (QED) is 0.827. The summed E-state index contributed by atoms with van der Waals surface area (Å²) in [6.07, 6.45) is 3.49. The van der Waals surface area contributed by atoms with Gasteiger partial charge in [0.25, 0.3) is 0 Å². The van der Waals surface area contributed by atoms with E-state index in [4.69, 9.17) is 5.90 Å². The highest BCUT2D eigenvalue weighted by Gasteiger charge is 2.26. The maximum atomic E-state index is 5.03. The Bertz CT molecular complexity index is 505. The fraction of sp³-hybridized carbons (Fsp3) is 0.417. The molecule has 1 heterocycles. The summed E-state index contributed by atoms with van der Waals surface area (Å²) in [5, 5.41) is 1.31. The number of thiazole rings is 1. The van der Waals surface area contributed by atoms with Gasteiger partial charge in [-0.25, -0.2) is 10.9 Å². The Morgan fingerprint density at radius 3 is 3.06 bits per heavy atom. The van der Waals surface area contributed by atoms with Crippen LogP contribution in [0, 0.1) is 0 Å². The number of hydrogen-bond donors (Lipinski definition) is 1. The second kappa shape index (κ2) is 4.13. The highest BCUT2D eigenvalue weighted by molar-refractivity contribution is 7.18. The lowest BCUT2D eigenvalue weighted by Crippen LogP contribution is -2.03. The standard InChI is InChI=1S/C12H14N2OS/c13-15-6-5-8-1-4-10-11(7-8)16-12(14-10)9-2-3-9/h1,4,7,9H,2-3,5-6,13H2. The monoisotopic (exact) mass is 234 g/mol. The predicted octanol–water partition coefficient (Wildman–Crippen LogP) is 2.61. The van der Waals surface area contributed by atoms with E-state index < -0.39 is 0 Å². The molecule has 0 saturated heterocycles. The van der Waals surface area contributed by atoms with E-state index in [2.05, 4.69) is 28.0 Å². The molecule has 1 aromatic carbocycles. The first-order valence-electron chi connectivity index (χ1n) is 5.58. The van der Waals surface area contributed by atoms with E-state index in [1.807, 2.05) is 11.3 Å². The molecule has 2 N–H and O–H groups in total. The molecule has 2 aromatic rings. The zero-order chi connectivity index (χ0) is 11.0. The van der Waals surface area contributed by atoms with Crippen molar-refractivity contribution in [3.05, 3.63) is 28.8 Å². The van der Waals surface area contributed by atoms with Gasteiger partial charge in [-0.2, -0.15) is 0 Å². The molecule has 1 saturated carbocycles. The Hall–Kier alpha value is -0.970. The minimum atomic E-state index is 0.569. The average Bonchev–Trinajstić information content (AvgIpc) is 3.06. The lowest BCUT2D eigenvalue weighted by molar-refractivity contribution is 0.141. The Morgan fingerprint density at radius 1 is 1.44 bits per heavy atom. The SMILES string of the molecule is NOCCc1ccc2nc(C3CC3)sc2c1. The van der Waals surface area contributed by atoms with Crippen molar-refractivity contribution in [1.29, 1.82) is 0 Å². The number of aromatic nitrogens is 1. The summed E-state index contributed by atoms with van der Waals surface area (Å²) in [4.78, 5) is 9.26. The molecule has 0 aliphatic heterocycles. The van der Waals surface area contributed by atoms with E-state index >= 15 is 0 Å². The van der Waals surface area contributed by atoms with E-state index in [1.54, 1.807) is 0 Å². The minimum Gasteiger partial charge on any atom is -0.304 e. The summed E-state index contributed by atoms with van der Waals surface area (Å²) < 4.78 is 1.29. The van der Waals surface area contributed by atoms with Gasteiger partial charge in [0.15, 0.2) is 0 Å². The lowest BCUT2D eigenvalue weighted by atomic mass is 10.1. The summed E-state index contributed by atoms with van der Waals surface area (Å²) in [5.74, 6) is 5.78. The van der Waals surface area contributed by atoms with Crippen molar-refractivity contribution in [1.82, 2.24) is 4.98 Å². The van der Waals surface area contributed by atoms with Crippen LogP contribution in [0.15, 0.2) is 18.2 Å². The molecule has 84 valence electrons. The van der Waals surface area contributed by atoms with Crippen molar-refractivity contribution in [3.8, 4) is 0 Å². The second-order valence-electron chi connectivity index (χ2n) is 4.25. The van der Waals surface area contributed by atoms with E-state index in [0.29, 0.717) is 6.61 Å². The number of rotatable bonds is 4. The molecule has 3 rings (SSSR count). The summed E-state index contributed by atoms with van der Waals surface area (Å²) in [6.45, 7) is 0.569. The van der Waals surface area contributed by atoms with Gasteiger partial charge in [-0.1, -0.05) is 6.07 Å². The van der Waals surface area contributed by atoms with Crippen molar-refractivity contribution in [2.75, 3.05) is 6.61 Å². The number of benzene rings is 1. The fourth-order valence-corrected chi connectivity index (χ4v) is 3.02. The molecule has 0 radical (unpaired) electrons. The molecule has 4 heteroatoms. The maximum absolute atomic E-state index is 5.03. The van der Waals surface area contributed by atoms with Crippen molar-refractivity contribution < 1.29 is 4.84 Å². The first-order valence-corrected chi connectivity index (χ1v) is 6.39. The zero-order valence-electron chi connectivity index (χ0n) is 8.98. The zero-order valence-corrected chi connectivity index (χ0v) is 9.80. The summed E-state index contributed by atoms with van der Waals surface area (Å²) in [7, 11) is 0. The van der Waals surface area contributed by atoms with Crippen LogP contribution >= 0.6 is 11.3 Å². The van der Waals surface area contributed by atoms with Gasteiger partial charge in [0.1, 0.15) is 0 Å². The van der Waals surface area contributed by atoms with Gasteiger partial charge in [0.05, 0.1) is 21.8 Å². The first-order chi connectivity index (χ1) is 7.86. The topological polar surface area (TPSA) is 48.1 Å². The minimum absolute atomic E-state index is 0.569. The maximum Gasteiger partial charge on any atom is 0.0969 e. The molecule has 1 fully saturated rings. The van der Waals surface area contributed by atoms with Crippen LogP contribution in [-0.4, -0.2) is 11.6 Å². The van der Waals surface area contributed by atoms with Crippen LogP contribution in [0.25, 0.3) is 10.2 Å². The van der Waals surface area contributed by atoms with Crippen molar-refractivity contribution in [2.45, 2.75) is 25.2 Å². The molecule has 0 spiro atoms. The van der Waals surface area contributed by atoms with Crippen LogP contribution in [0.3, 0.4) is 0 Å². The molecule has 0 atom stereocenters. The van der Waals surface area contributed by atoms with Gasteiger partial charge < -0.3 is 4.84 Å². The molecular weight excluding hydrogens is 220 g/mol. The molecule has 3 nitrogen and oxygen atoms in total. The van der Waals surface area contributed by atoms with Crippen LogP contribution in [0.5, 0.6) is 0 Å². The smallest absolute Gasteiger partial charge is 0.0969 e. The normalized spacial score (nSPS) is 15.8. The largest absolute Gasteiger partial charge is 0.304 e. The predicted molar refractivity (Wildman–Crippen MR) is 65.4 cm³/mol. The molecule has 1 aromatic heterocycles. The Balaban J connectivity index is 1.90. The third kappa shape index (κ3) is 1.96. The van der Waals surface area contributed by atoms with Gasteiger partial charge in [-0.05, 0) is 37.0 Å². The Labute approximate surface area is 98.2 Å². The molecule has 1 aliphatic carbocycles.